The first-order valence-electron chi connectivity index (χ1n) is 5.41. The van der Waals surface area contributed by atoms with E-state index in [-0.39, 0.29) is 6.61 Å². The van der Waals surface area contributed by atoms with Crippen LogP contribution in [0.25, 0.3) is 0 Å². The Morgan fingerprint density at radius 1 is 1.56 bits per heavy atom. The molecular weight excluding hydrogens is 256 g/mol. The second-order valence-corrected chi connectivity index (χ2v) is 5.53. The molecule has 0 radical (unpaired) electrons. The molecule has 1 aromatic rings. The van der Waals surface area contributed by atoms with Gasteiger partial charge in [-0.15, -0.1) is 11.8 Å². The van der Waals surface area contributed by atoms with Crippen LogP contribution in [0.5, 0.6) is 0 Å². The van der Waals surface area contributed by atoms with E-state index in [0.717, 1.165) is 0 Å². The SMILES string of the molecule is C=C1[C@H](n2cc(C)c(=O)[nH]c2=O)S[C@H](CO)[C@H]1O. The van der Waals surface area contributed by atoms with E-state index in [1.807, 2.05) is 0 Å². The molecule has 1 fully saturated rings. The van der Waals surface area contributed by atoms with Gasteiger partial charge in [0.25, 0.3) is 5.56 Å². The first kappa shape index (κ1) is 13.1. The Morgan fingerprint density at radius 3 is 2.78 bits per heavy atom. The summed E-state index contributed by atoms with van der Waals surface area (Å²) < 4.78 is 1.32. The van der Waals surface area contributed by atoms with Crippen LogP contribution in [-0.4, -0.2) is 37.7 Å². The van der Waals surface area contributed by atoms with Gasteiger partial charge in [-0.25, -0.2) is 4.79 Å². The molecule has 0 unspecified atom stereocenters. The maximum atomic E-state index is 11.7. The Morgan fingerprint density at radius 2 is 2.22 bits per heavy atom. The van der Waals surface area contributed by atoms with Crippen LogP contribution in [0.4, 0.5) is 0 Å². The second kappa shape index (κ2) is 4.75. The van der Waals surface area contributed by atoms with Gasteiger partial charge in [0, 0.05) is 11.8 Å². The summed E-state index contributed by atoms with van der Waals surface area (Å²) in [6.07, 6.45) is 0.584. The van der Waals surface area contributed by atoms with Crippen molar-refractivity contribution in [1.29, 1.82) is 0 Å². The lowest BCUT2D eigenvalue weighted by atomic mass is 10.1. The summed E-state index contributed by atoms with van der Waals surface area (Å²) in [4.78, 5) is 25.2. The van der Waals surface area contributed by atoms with Gasteiger partial charge in [0.15, 0.2) is 0 Å². The molecule has 0 aromatic carbocycles. The number of aliphatic hydroxyl groups is 2. The van der Waals surface area contributed by atoms with Crippen molar-refractivity contribution in [3.63, 3.8) is 0 Å². The van der Waals surface area contributed by atoms with E-state index in [9.17, 15) is 14.7 Å². The zero-order chi connectivity index (χ0) is 13.4. The van der Waals surface area contributed by atoms with Crippen molar-refractivity contribution < 1.29 is 10.2 Å². The monoisotopic (exact) mass is 270 g/mol. The van der Waals surface area contributed by atoms with Crippen LogP contribution >= 0.6 is 11.8 Å². The van der Waals surface area contributed by atoms with Gasteiger partial charge in [0.05, 0.1) is 18.0 Å². The first-order valence-corrected chi connectivity index (χ1v) is 6.35. The fourth-order valence-electron chi connectivity index (χ4n) is 1.86. The molecule has 2 heterocycles. The largest absolute Gasteiger partial charge is 0.395 e. The topological polar surface area (TPSA) is 95.3 Å². The van der Waals surface area contributed by atoms with Gasteiger partial charge in [-0.3, -0.25) is 14.3 Å². The predicted octanol–water partition coefficient (Wildman–Crippen LogP) is -0.632. The molecule has 3 N–H and O–H groups in total. The van der Waals surface area contributed by atoms with E-state index in [0.29, 0.717) is 11.1 Å². The minimum atomic E-state index is -0.857. The highest BCUT2D eigenvalue weighted by atomic mass is 32.2. The van der Waals surface area contributed by atoms with Crippen molar-refractivity contribution in [3.8, 4) is 0 Å². The Labute approximate surface area is 107 Å². The van der Waals surface area contributed by atoms with E-state index in [1.54, 1.807) is 6.92 Å². The van der Waals surface area contributed by atoms with Gasteiger partial charge >= 0.3 is 5.69 Å². The Kier molecular flexibility index (Phi) is 3.47. The highest BCUT2D eigenvalue weighted by Gasteiger charge is 2.38. The summed E-state index contributed by atoms with van der Waals surface area (Å²) in [7, 11) is 0. The van der Waals surface area contributed by atoms with E-state index in [1.165, 1.54) is 22.5 Å². The van der Waals surface area contributed by atoms with Crippen LogP contribution in [0.3, 0.4) is 0 Å². The molecule has 0 bridgehead atoms. The standard InChI is InChI=1S/C11H14N2O4S/c1-5-3-13(11(17)12-9(5)16)10-6(2)8(15)7(4-14)18-10/h3,7-8,10,14-15H,2,4H2,1H3,(H,12,16,17)/t7-,8+,10-/m1/s1. The number of aromatic amines is 1. The number of H-pyrrole nitrogens is 1. The zero-order valence-corrected chi connectivity index (χ0v) is 10.6. The number of nitrogens with one attached hydrogen (secondary N) is 1. The lowest BCUT2D eigenvalue weighted by Gasteiger charge is -2.14. The molecule has 0 aliphatic carbocycles. The fraction of sp³-hybridized carbons (Fsp3) is 0.455. The number of thioether (sulfide) groups is 1. The highest BCUT2D eigenvalue weighted by Crippen LogP contribution is 2.43. The molecule has 2 rings (SSSR count). The van der Waals surface area contributed by atoms with Gasteiger partial charge < -0.3 is 10.2 Å². The molecule has 0 saturated carbocycles. The molecule has 6 nitrogen and oxygen atoms in total. The number of aryl methyl sites for hydroxylation is 1. The normalized spacial score (nSPS) is 27.7. The molecule has 3 atom stereocenters. The Bertz CT molecular complexity index is 591. The third-order valence-electron chi connectivity index (χ3n) is 2.93. The van der Waals surface area contributed by atoms with Crippen molar-refractivity contribution in [1.82, 2.24) is 9.55 Å². The number of aliphatic hydroxyl groups excluding tert-OH is 2. The number of aromatic nitrogens is 2. The molecule has 1 aliphatic rings. The Balaban J connectivity index is 2.45. The van der Waals surface area contributed by atoms with Gasteiger partial charge in [-0.1, -0.05) is 6.58 Å². The summed E-state index contributed by atoms with van der Waals surface area (Å²) in [6.45, 7) is 5.15. The second-order valence-electron chi connectivity index (χ2n) is 4.21. The average Bonchev–Trinajstić information content (AvgIpc) is 2.61. The summed E-state index contributed by atoms with van der Waals surface area (Å²) in [5.41, 5.74) is -0.114. The molecule has 7 heteroatoms. The first-order chi connectivity index (χ1) is 8.45. The summed E-state index contributed by atoms with van der Waals surface area (Å²) in [5.74, 6) is 0. The quantitative estimate of drug-likeness (QED) is 0.622. The highest BCUT2D eigenvalue weighted by molar-refractivity contribution is 8.00. The lowest BCUT2D eigenvalue weighted by Crippen LogP contribution is -2.32. The van der Waals surface area contributed by atoms with Gasteiger partial charge in [-0.05, 0) is 12.5 Å². The average molecular weight is 270 g/mol. The van der Waals surface area contributed by atoms with Crippen molar-refractivity contribution >= 4 is 11.8 Å². The molecule has 1 aliphatic heterocycles. The molecule has 18 heavy (non-hydrogen) atoms. The van der Waals surface area contributed by atoms with Crippen LogP contribution in [0, 0.1) is 6.92 Å². The third kappa shape index (κ3) is 2.05. The number of hydrogen-bond donors (Lipinski definition) is 3. The van der Waals surface area contributed by atoms with Gasteiger partial charge in [0.2, 0.25) is 0 Å². The summed E-state index contributed by atoms with van der Waals surface area (Å²) in [6, 6.07) is 0. The third-order valence-corrected chi connectivity index (χ3v) is 4.48. The maximum Gasteiger partial charge on any atom is 0.329 e. The van der Waals surface area contributed by atoms with E-state index in [4.69, 9.17) is 5.11 Å². The number of rotatable bonds is 2. The van der Waals surface area contributed by atoms with Crippen molar-refractivity contribution in [2.75, 3.05) is 6.61 Å². The molecule has 1 saturated heterocycles. The minimum absolute atomic E-state index is 0.196. The maximum absolute atomic E-state index is 11.7. The zero-order valence-electron chi connectivity index (χ0n) is 9.79. The van der Waals surface area contributed by atoms with Crippen molar-refractivity contribution in [3.05, 3.63) is 44.8 Å². The van der Waals surface area contributed by atoms with Crippen LogP contribution in [0.15, 0.2) is 27.9 Å². The minimum Gasteiger partial charge on any atom is -0.395 e. The van der Waals surface area contributed by atoms with Gasteiger partial charge in [0.1, 0.15) is 5.37 Å². The molecule has 0 amide bonds. The van der Waals surface area contributed by atoms with Crippen LogP contribution in [-0.2, 0) is 0 Å². The number of nitrogens with zero attached hydrogens (tertiary/aromatic N) is 1. The van der Waals surface area contributed by atoms with Crippen LogP contribution in [0.2, 0.25) is 0 Å². The van der Waals surface area contributed by atoms with E-state index < -0.39 is 28.0 Å². The van der Waals surface area contributed by atoms with Crippen molar-refractivity contribution in [2.45, 2.75) is 23.7 Å². The van der Waals surface area contributed by atoms with E-state index in [2.05, 4.69) is 11.6 Å². The smallest absolute Gasteiger partial charge is 0.329 e. The molecule has 1 aromatic heterocycles. The van der Waals surface area contributed by atoms with Crippen LogP contribution in [0.1, 0.15) is 10.9 Å². The lowest BCUT2D eigenvalue weighted by molar-refractivity contribution is 0.172. The molecule has 0 spiro atoms. The number of hydrogen-bond acceptors (Lipinski definition) is 5. The Hall–Kier alpha value is -1.31. The summed E-state index contributed by atoms with van der Waals surface area (Å²) in [5, 5.41) is 18.1. The van der Waals surface area contributed by atoms with Crippen molar-refractivity contribution in [2.24, 2.45) is 0 Å². The predicted molar refractivity (Wildman–Crippen MR) is 68.7 cm³/mol. The molecule has 98 valence electrons. The van der Waals surface area contributed by atoms with Crippen LogP contribution < -0.4 is 11.2 Å². The fourth-order valence-corrected chi connectivity index (χ4v) is 3.20. The summed E-state index contributed by atoms with van der Waals surface area (Å²) >= 11 is 1.25. The van der Waals surface area contributed by atoms with Gasteiger partial charge in [-0.2, -0.15) is 0 Å². The van der Waals surface area contributed by atoms with E-state index >= 15 is 0 Å². The molecular formula is C11H14N2O4S.